The van der Waals surface area contributed by atoms with Crippen molar-refractivity contribution in [3.05, 3.63) is 88.7 Å². The fourth-order valence-corrected chi connectivity index (χ4v) is 3.37. The van der Waals surface area contributed by atoms with Crippen LogP contribution in [0.4, 0.5) is 4.39 Å². The molecule has 0 saturated heterocycles. The Bertz CT molecular complexity index is 1300. The number of halogens is 1. The second-order valence-electron chi connectivity index (χ2n) is 7.04. The summed E-state index contributed by atoms with van der Waals surface area (Å²) in [5, 5.41) is 2.83. The Morgan fingerprint density at radius 1 is 1.10 bits per heavy atom. The zero-order valence-electron chi connectivity index (χ0n) is 16.9. The highest BCUT2D eigenvalue weighted by molar-refractivity contribution is 5.78. The average molecular weight is 420 g/mol. The van der Waals surface area contributed by atoms with Crippen LogP contribution in [-0.2, 0) is 24.9 Å². The number of aromatic nitrogens is 3. The summed E-state index contributed by atoms with van der Waals surface area (Å²) in [6.07, 6.45) is 1.71. The first-order chi connectivity index (χ1) is 15.0. The van der Waals surface area contributed by atoms with Gasteiger partial charge in [0.15, 0.2) is 0 Å². The Labute approximate surface area is 177 Å². The molecule has 0 aliphatic rings. The molecule has 0 bridgehead atoms. The summed E-state index contributed by atoms with van der Waals surface area (Å²) in [5.74, 6) is -0.00682. The zero-order valence-corrected chi connectivity index (χ0v) is 16.9. The van der Waals surface area contributed by atoms with Crippen molar-refractivity contribution in [1.29, 1.82) is 0 Å². The van der Waals surface area contributed by atoms with Crippen molar-refractivity contribution >= 4 is 16.9 Å². The SMILES string of the molecule is Cn1c(=O)n(CCC(=O)NCc2cccnc2Oc2cccc(F)c2)c2ccccc21. The molecule has 0 fully saturated rings. The first kappa shape index (κ1) is 20.3. The summed E-state index contributed by atoms with van der Waals surface area (Å²) in [6, 6.07) is 16.7. The molecular weight excluding hydrogens is 399 g/mol. The van der Waals surface area contributed by atoms with Crippen LogP contribution in [0.3, 0.4) is 0 Å². The van der Waals surface area contributed by atoms with Crippen LogP contribution in [0.1, 0.15) is 12.0 Å². The topological polar surface area (TPSA) is 78.2 Å². The van der Waals surface area contributed by atoms with Gasteiger partial charge in [-0.15, -0.1) is 0 Å². The van der Waals surface area contributed by atoms with Crippen molar-refractivity contribution in [1.82, 2.24) is 19.4 Å². The lowest BCUT2D eigenvalue weighted by atomic mass is 10.2. The molecule has 31 heavy (non-hydrogen) atoms. The van der Waals surface area contributed by atoms with E-state index in [1.54, 1.807) is 46.6 Å². The summed E-state index contributed by atoms with van der Waals surface area (Å²) in [6.45, 7) is 0.466. The van der Waals surface area contributed by atoms with Gasteiger partial charge in [-0.05, 0) is 30.3 Å². The largest absolute Gasteiger partial charge is 0.439 e. The molecule has 0 spiro atoms. The van der Waals surface area contributed by atoms with Crippen LogP contribution in [0, 0.1) is 5.82 Å². The number of para-hydroxylation sites is 2. The van der Waals surface area contributed by atoms with Crippen LogP contribution in [0.5, 0.6) is 11.6 Å². The Hall–Kier alpha value is -3.94. The molecule has 8 heteroatoms. The smallest absolute Gasteiger partial charge is 0.328 e. The number of pyridine rings is 1. The van der Waals surface area contributed by atoms with Crippen molar-refractivity contribution < 1.29 is 13.9 Å². The van der Waals surface area contributed by atoms with Crippen molar-refractivity contribution in [2.75, 3.05) is 0 Å². The minimum Gasteiger partial charge on any atom is -0.439 e. The second kappa shape index (κ2) is 8.83. The summed E-state index contributed by atoms with van der Waals surface area (Å²) in [4.78, 5) is 29.1. The van der Waals surface area contributed by atoms with Gasteiger partial charge in [-0.2, -0.15) is 0 Å². The number of carbonyl (C=O) groups excluding carboxylic acids is 1. The minimum atomic E-state index is -0.410. The van der Waals surface area contributed by atoms with Crippen molar-refractivity contribution in [2.24, 2.45) is 7.05 Å². The fraction of sp³-hybridized carbons (Fsp3) is 0.174. The number of nitrogens with zero attached hydrogens (tertiary/aromatic N) is 3. The molecule has 0 radical (unpaired) electrons. The molecule has 0 atom stereocenters. The van der Waals surface area contributed by atoms with Gasteiger partial charge in [-0.1, -0.05) is 24.3 Å². The number of hydrogen-bond acceptors (Lipinski definition) is 4. The molecule has 4 aromatic rings. The average Bonchev–Trinajstić information content (AvgIpc) is 3.02. The van der Waals surface area contributed by atoms with E-state index in [0.29, 0.717) is 17.2 Å². The van der Waals surface area contributed by atoms with Gasteiger partial charge in [0.25, 0.3) is 0 Å². The summed E-state index contributed by atoms with van der Waals surface area (Å²) < 4.78 is 22.2. The van der Waals surface area contributed by atoms with Gasteiger partial charge in [-0.3, -0.25) is 13.9 Å². The molecule has 1 amide bonds. The predicted octanol–water partition coefficient (Wildman–Crippen LogP) is 3.37. The Morgan fingerprint density at radius 3 is 2.71 bits per heavy atom. The number of nitrogens with one attached hydrogen (secondary N) is 1. The van der Waals surface area contributed by atoms with Crippen LogP contribution in [0.25, 0.3) is 11.0 Å². The van der Waals surface area contributed by atoms with Crippen LogP contribution < -0.4 is 15.7 Å². The number of imidazole rings is 1. The molecule has 2 aromatic heterocycles. The summed E-state index contributed by atoms with van der Waals surface area (Å²) in [7, 11) is 1.71. The van der Waals surface area contributed by atoms with E-state index in [1.165, 1.54) is 12.1 Å². The zero-order chi connectivity index (χ0) is 21.8. The van der Waals surface area contributed by atoms with E-state index < -0.39 is 5.82 Å². The van der Waals surface area contributed by atoms with Crippen LogP contribution in [0.15, 0.2) is 71.7 Å². The van der Waals surface area contributed by atoms with Gasteiger partial charge < -0.3 is 10.1 Å². The van der Waals surface area contributed by atoms with Crippen molar-refractivity contribution in [3.8, 4) is 11.6 Å². The van der Waals surface area contributed by atoms with Gasteiger partial charge in [0.1, 0.15) is 11.6 Å². The molecule has 158 valence electrons. The number of fused-ring (bicyclic) bond motifs is 1. The van der Waals surface area contributed by atoms with Crippen molar-refractivity contribution in [2.45, 2.75) is 19.5 Å². The van der Waals surface area contributed by atoms with Gasteiger partial charge in [0.2, 0.25) is 11.8 Å². The van der Waals surface area contributed by atoms with Gasteiger partial charge in [-0.25, -0.2) is 14.2 Å². The van der Waals surface area contributed by atoms with E-state index in [0.717, 1.165) is 11.0 Å². The molecule has 2 heterocycles. The van der Waals surface area contributed by atoms with E-state index in [4.69, 9.17) is 4.74 Å². The Morgan fingerprint density at radius 2 is 1.90 bits per heavy atom. The van der Waals surface area contributed by atoms with Gasteiger partial charge in [0, 0.05) is 44.4 Å². The molecule has 0 saturated carbocycles. The lowest BCUT2D eigenvalue weighted by Crippen LogP contribution is -2.27. The third-order valence-corrected chi connectivity index (χ3v) is 4.95. The van der Waals surface area contributed by atoms with E-state index in [1.807, 2.05) is 24.3 Å². The van der Waals surface area contributed by atoms with Gasteiger partial charge >= 0.3 is 5.69 Å². The second-order valence-corrected chi connectivity index (χ2v) is 7.04. The van der Waals surface area contributed by atoms with E-state index >= 15 is 0 Å². The molecular formula is C23H21FN4O3. The maximum atomic E-state index is 13.4. The number of aryl methyl sites for hydroxylation is 2. The quantitative estimate of drug-likeness (QED) is 0.497. The van der Waals surface area contributed by atoms with E-state index in [9.17, 15) is 14.0 Å². The number of amides is 1. The van der Waals surface area contributed by atoms with Crippen molar-refractivity contribution in [3.63, 3.8) is 0 Å². The fourth-order valence-electron chi connectivity index (χ4n) is 3.37. The molecule has 0 aliphatic carbocycles. The first-order valence-electron chi connectivity index (χ1n) is 9.81. The normalized spacial score (nSPS) is 10.9. The van der Waals surface area contributed by atoms with Crippen LogP contribution >= 0.6 is 0 Å². The monoisotopic (exact) mass is 420 g/mol. The molecule has 7 nitrogen and oxygen atoms in total. The molecule has 0 aliphatic heterocycles. The van der Waals surface area contributed by atoms with Crippen LogP contribution in [-0.4, -0.2) is 20.0 Å². The molecule has 4 rings (SSSR count). The summed E-state index contributed by atoms with van der Waals surface area (Å²) >= 11 is 0. The number of hydrogen-bond donors (Lipinski definition) is 1. The van der Waals surface area contributed by atoms with E-state index in [-0.39, 0.29) is 31.1 Å². The number of ether oxygens (including phenoxy) is 1. The standard InChI is InChI=1S/C23H21FN4O3/c1-27-19-9-2-3-10-20(19)28(23(27)30)13-11-21(29)26-15-16-6-5-12-25-22(16)31-18-8-4-7-17(24)14-18/h2-10,12,14H,11,13,15H2,1H3,(H,26,29). The highest BCUT2D eigenvalue weighted by atomic mass is 19.1. The Kier molecular flexibility index (Phi) is 5.79. The molecule has 0 unspecified atom stereocenters. The number of benzene rings is 2. The molecule has 2 aromatic carbocycles. The minimum absolute atomic E-state index is 0.147. The lowest BCUT2D eigenvalue weighted by Gasteiger charge is -2.11. The third kappa shape index (κ3) is 4.48. The maximum absolute atomic E-state index is 13.4. The highest BCUT2D eigenvalue weighted by Crippen LogP contribution is 2.23. The number of carbonyl (C=O) groups is 1. The highest BCUT2D eigenvalue weighted by Gasteiger charge is 2.12. The van der Waals surface area contributed by atoms with Crippen LogP contribution in [0.2, 0.25) is 0 Å². The number of rotatable bonds is 7. The lowest BCUT2D eigenvalue weighted by molar-refractivity contribution is -0.121. The first-order valence-corrected chi connectivity index (χ1v) is 9.81. The third-order valence-electron chi connectivity index (χ3n) is 4.95. The summed E-state index contributed by atoms with van der Waals surface area (Å²) in [5.41, 5.74) is 2.11. The predicted molar refractivity (Wildman–Crippen MR) is 114 cm³/mol. The Balaban J connectivity index is 1.40. The maximum Gasteiger partial charge on any atom is 0.328 e. The van der Waals surface area contributed by atoms with E-state index in [2.05, 4.69) is 10.3 Å². The molecule has 1 N–H and O–H groups in total. The van der Waals surface area contributed by atoms with Gasteiger partial charge in [0.05, 0.1) is 11.0 Å².